The summed E-state index contributed by atoms with van der Waals surface area (Å²) in [5.41, 5.74) is 2.00. The monoisotopic (exact) mass is 496 g/mol. The van der Waals surface area contributed by atoms with Crippen molar-refractivity contribution < 1.29 is 14.4 Å². The molecule has 7 heteroatoms. The molecule has 0 aliphatic carbocycles. The van der Waals surface area contributed by atoms with Crippen LogP contribution in [0.5, 0.6) is 0 Å². The summed E-state index contributed by atoms with van der Waals surface area (Å²) in [5, 5.41) is 2.96. The normalized spacial score (nSPS) is 16.8. The maximum absolute atomic E-state index is 13.8. The fourth-order valence-electron chi connectivity index (χ4n) is 5.39. The zero-order valence-electron chi connectivity index (χ0n) is 20.9. The highest BCUT2D eigenvalue weighted by molar-refractivity contribution is 5.97. The van der Waals surface area contributed by atoms with Crippen LogP contribution in [0.3, 0.4) is 0 Å². The van der Waals surface area contributed by atoms with E-state index in [1.165, 1.54) is 0 Å². The van der Waals surface area contributed by atoms with Crippen molar-refractivity contribution in [2.45, 2.75) is 24.8 Å². The molecule has 0 aromatic heterocycles. The molecule has 0 saturated carbocycles. The molecule has 3 aromatic carbocycles. The molecule has 1 spiro atoms. The minimum absolute atomic E-state index is 0.0122. The summed E-state index contributed by atoms with van der Waals surface area (Å²) in [5.74, 6) is -0.214. The molecule has 2 aliphatic rings. The lowest BCUT2D eigenvalue weighted by Crippen LogP contribution is -2.57. The van der Waals surface area contributed by atoms with E-state index in [-0.39, 0.29) is 24.3 Å². The number of amides is 3. The first kappa shape index (κ1) is 24.6. The first-order valence-corrected chi connectivity index (χ1v) is 12.8. The third kappa shape index (κ3) is 5.21. The topological polar surface area (TPSA) is 73.0 Å². The van der Waals surface area contributed by atoms with E-state index in [4.69, 9.17) is 0 Å². The van der Waals surface area contributed by atoms with Gasteiger partial charge in [0.05, 0.1) is 6.67 Å². The molecule has 0 atom stereocenters. The van der Waals surface area contributed by atoms with E-state index in [9.17, 15) is 14.4 Å². The van der Waals surface area contributed by atoms with Crippen LogP contribution >= 0.6 is 0 Å². The van der Waals surface area contributed by atoms with Gasteiger partial charge in [-0.3, -0.25) is 14.4 Å². The van der Waals surface area contributed by atoms with Gasteiger partial charge >= 0.3 is 0 Å². The van der Waals surface area contributed by atoms with E-state index in [1.54, 1.807) is 4.90 Å². The van der Waals surface area contributed by atoms with Gasteiger partial charge in [0.1, 0.15) is 12.1 Å². The summed E-state index contributed by atoms with van der Waals surface area (Å²) in [6.07, 6.45) is 1.78. The Labute approximate surface area is 217 Å². The largest absolute Gasteiger partial charge is 0.354 e. The Morgan fingerprint density at radius 2 is 1.41 bits per heavy atom. The van der Waals surface area contributed by atoms with Crippen molar-refractivity contribution in [2.75, 3.05) is 37.7 Å². The zero-order valence-corrected chi connectivity index (χ0v) is 20.9. The highest BCUT2D eigenvalue weighted by atomic mass is 16.2. The minimum Gasteiger partial charge on any atom is -0.354 e. The smallest absolute Gasteiger partial charge is 0.253 e. The lowest BCUT2D eigenvalue weighted by atomic mass is 9.85. The van der Waals surface area contributed by atoms with Crippen LogP contribution in [0, 0.1) is 0 Å². The maximum atomic E-state index is 13.8. The predicted molar refractivity (Wildman–Crippen MR) is 143 cm³/mol. The second-order valence-corrected chi connectivity index (χ2v) is 9.68. The molecule has 3 aromatic rings. The number of nitrogens with one attached hydrogen (secondary N) is 1. The van der Waals surface area contributed by atoms with Crippen LogP contribution < -0.4 is 10.2 Å². The van der Waals surface area contributed by atoms with Gasteiger partial charge in [0.15, 0.2) is 0 Å². The average molecular weight is 497 g/mol. The van der Waals surface area contributed by atoms with Gasteiger partial charge < -0.3 is 20.0 Å². The maximum Gasteiger partial charge on any atom is 0.253 e. The van der Waals surface area contributed by atoms with Crippen LogP contribution in [0.1, 0.15) is 28.8 Å². The van der Waals surface area contributed by atoms with E-state index in [1.807, 2.05) is 95.9 Å². The Balaban J connectivity index is 1.27. The lowest BCUT2D eigenvalue weighted by Gasteiger charge is -2.43. The van der Waals surface area contributed by atoms with E-state index >= 15 is 0 Å². The summed E-state index contributed by atoms with van der Waals surface area (Å²) in [7, 11) is 0. The Morgan fingerprint density at radius 1 is 0.811 bits per heavy atom. The number of likely N-dealkylation sites (tertiary alicyclic amines) is 1. The number of carbonyl (C=O) groups excluding carboxylic acids is 3. The number of anilines is 1. The molecular weight excluding hydrogens is 464 g/mol. The molecule has 2 aliphatic heterocycles. The van der Waals surface area contributed by atoms with Crippen molar-refractivity contribution in [1.82, 2.24) is 15.1 Å². The van der Waals surface area contributed by atoms with Crippen molar-refractivity contribution >= 4 is 23.4 Å². The van der Waals surface area contributed by atoms with Gasteiger partial charge in [-0.25, -0.2) is 0 Å². The summed E-state index contributed by atoms with van der Waals surface area (Å²) in [6.45, 7) is 1.86. The van der Waals surface area contributed by atoms with Crippen molar-refractivity contribution in [3.8, 4) is 0 Å². The second kappa shape index (κ2) is 10.9. The molecule has 5 rings (SSSR count). The molecule has 3 amide bonds. The molecule has 2 heterocycles. The number of nitrogens with zero attached hydrogens (tertiary/aromatic N) is 3. The van der Waals surface area contributed by atoms with Crippen LogP contribution in [0.4, 0.5) is 5.69 Å². The third-order valence-corrected chi connectivity index (χ3v) is 7.39. The summed E-state index contributed by atoms with van der Waals surface area (Å²) >= 11 is 0. The molecular formula is C30H32N4O3. The van der Waals surface area contributed by atoms with Crippen molar-refractivity contribution in [2.24, 2.45) is 0 Å². The van der Waals surface area contributed by atoms with Crippen LogP contribution in [0.15, 0.2) is 91.0 Å². The molecule has 37 heavy (non-hydrogen) atoms. The fourth-order valence-corrected chi connectivity index (χ4v) is 5.39. The Kier molecular flexibility index (Phi) is 7.21. The molecule has 7 nitrogen and oxygen atoms in total. The van der Waals surface area contributed by atoms with Crippen LogP contribution in [-0.4, -0.2) is 65.9 Å². The van der Waals surface area contributed by atoms with E-state index < -0.39 is 5.54 Å². The SMILES string of the molecule is O=C(CN1CN(c2ccccc2)C2(CCN(C(=O)c3ccccc3)CC2)C1=O)NCCc1ccccc1. The number of benzene rings is 3. The summed E-state index contributed by atoms with van der Waals surface area (Å²) < 4.78 is 0. The predicted octanol–water partition coefficient (Wildman–Crippen LogP) is 3.33. The molecule has 0 bridgehead atoms. The van der Waals surface area contributed by atoms with Gasteiger partial charge in [0.2, 0.25) is 5.91 Å². The van der Waals surface area contributed by atoms with Crippen LogP contribution in [0.2, 0.25) is 0 Å². The third-order valence-electron chi connectivity index (χ3n) is 7.39. The second-order valence-electron chi connectivity index (χ2n) is 9.68. The quantitative estimate of drug-likeness (QED) is 0.545. The van der Waals surface area contributed by atoms with Crippen molar-refractivity contribution in [3.63, 3.8) is 0 Å². The molecule has 2 fully saturated rings. The van der Waals surface area contributed by atoms with Gasteiger partial charge in [-0.1, -0.05) is 66.7 Å². The molecule has 2 saturated heterocycles. The van der Waals surface area contributed by atoms with E-state index in [0.717, 1.165) is 17.7 Å². The standard InChI is InChI=1S/C30H32N4O3/c35-27(31-19-16-24-10-4-1-5-11-24)22-33-23-34(26-14-8-3-9-15-26)30(29(33)37)17-20-32(21-18-30)28(36)25-12-6-2-7-13-25/h1-15H,16-23H2,(H,31,35). The van der Waals surface area contributed by atoms with Crippen molar-refractivity contribution in [1.29, 1.82) is 0 Å². The minimum atomic E-state index is -0.765. The Hall–Kier alpha value is -4.13. The summed E-state index contributed by atoms with van der Waals surface area (Å²) in [4.78, 5) is 45.2. The zero-order chi connectivity index (χ0) is 25.7. The van der Waals surface area contributed by atoms with Gasteiger partial charge in [-0.2, -0.15) is 0 Å². The van der Waals surface area contributed by atoms with Gasteiger partial charge in [0, 0.05) is 30.9 Å². The number of carbonyl (C=O) groups is 3. The van der Waals surface area contributed by atoms with Gasteiger partial charge in [-0.05, 0) is 49.1 Å². The van der Waals surface area contributed by atoms with Crippen molar-refractivity contribution in [3.05, 3.63) is 102 Å². The molecule has 0 radical (unpaired) electrons. The number of hydrogen-bond donors (Lipinski definition) is 1. The highest BCUT2D eigenvalue weighted by Gasteiger charge is 2.54. The number of para-hydroxylation sites is 1. The van der Waals surface area contributed by atoms with Crippen LogP contribution in [-0.2, 0) is 16.0 Å². The highest BCUT2D eigenvalue weighted by Crippen LogP contribution is 2.39. The Bertz CT molecular complexity index is 1230. The van der Waals surface area contributed by atoms with E-state index in [0.29, 0.717) is 44.7 Å². The number of piperidine rings is 1. The molecule has 190 valence electrons. The lowest BCUT2D eigenvalue weighted by molar-refractivity contribution is -0.137. The van der Waals surface area contributed by atoms with Gasteiger partial charge in [0.25, 0.3) is 11.8 Å². The van der Waals surface area contributed by atoms with Gasteiger partial charge in [-0.15, -0.1) is 0 Å². The number of hydrogen-bond acceptors (Lipinski definition) is 4. The van der Waals surface area contributed by atoms with Crippen LogP contribution in [0.25, 0.3) is 0 Å². The Morgan fingerprint density at radius 3 is 2.05 bits per heavy atom. The van der Waals surface area contributed by atoms with E-state index in [2.05, 4.69) is 10.2 Å². The first-order valence-electron chi connectivity index (χ1n) is 12.8. The number of rotatable bonds is 7. The molecule has 1 N–H and O–H groups in total. The fraction of sp³-hybridized carbons (Fsp3) is 0.300. The summed E-state index contributed by atoms with van der Waals surface area (Å²) in [6, 6.07) is 29.1. The first-order chi connectivity index (χ1) is 18.1. The molecule has 0 unspecified atom stereocenters. The average Bonchev–Trinajstić information content (AvgIpc) is 3.20.